The van der Waals surface area contributed by atoms with E-state index in [0.717, 1.165) is 12.2 Å². The Morgan fingerprint density at radius 1 is 1.23 bits per heavy atom. The second-order valence-corrected chi connectivity index (χ2v) is 5.37. The Morgan fingerprint density at radius 3 is 2.86 bits per heavy atom. The number of rotatable bonds is 4. The van der Waals surface area contributed by atoms with Crippen molar-refractivity contribution in [3.05, 3.63) is 60.1 Å². The fourth-order valence-corrected chi connectivity index (χ4v) is 2.59. The Hall–Kier alpha value is -2.27. The lowest BCUT2D eigenvalue weighted by Crippen LogP contribution is -2.50. The minimum Gasteiger partial charge on any atom is -0.467 e. The van der Waals surface area contributed by atoms with E-state index in [2.05, 4.69) is 17.4 Å². The first-order valence-electron chi connectivity index (χ1n) is 7.52. The third kappa shape index (κ3) is 3.89. The molecule has 1 aromatic heterocycles. The smallest absolute Gasteiger partial charge is 0.317 e. The van der Waals surface area contributed by atoms with E-state index in [9.17, 15) is 4.79 Å². The van der Waals surface area contributed by atoms with Crippen LogP contribution in [-0.2, 0) is 17.7 Å². The van der Waals surface area contributed by atoms with Crippen LogP contribution < -0.4 is 5.32 Å². The summed E-state index contributed by atoms with van der Waals surface area (Å²) in [5.41, 5.74) is 1.23. The molecule has 2 aromatic rings. The van der Waals surface area contributed by atoms with Crippen molar-refractivity contribution in [1.29, 1.82) is 0 Å². The van der Waals surface area contributed by atoms with Crippen LogP contribution in [0.15, 0.2) is 53.1 Å². The van der Waals surface area contributed by atoms with Crippen LogP contribution in [0.25, 0.3) is 0 Å². The molecule has 1 N–H and O–H groups in total. The number of urea groups is 1. The molecule has 0 spiro atoms. The number of benzene rings is 1. The highest BCUT2D eigenvalue weighted by molar-refractivity contribution is 5.74. The van der Waals surface area contributed by atoms with Gasteiger partial charge < -0.3 is 19.4 Å². The molecule has 0 radical (unpaired) electrons. The summed E-state index contributed by atoms with van der Waals surface area (Å²) < 4.78 is 11.0. The first-order valence-corrected chi connectivity index (χ1v) is 7.52. The maximum atomic E-state index is 12.2. The molecule has 1 aliphatic heterocycles. The molecule has 5 nitrogen and oxygen atoms in total. The average Bonchev–Trinajstić information content (AvgIpc) is 3.07. The van der Waals surface area contributed by atoms with Gasteiger partial charge in [-0.2, -0.15) is 0 Å². The Bertz CT molecular complexity index is 583. The molecule has 116 valence electrons. The van der Waals surface area contributed by atoms with Gasteiger partial charge in [0, 0.05) is 19.5 Å². The van der Waals surface area contributed by atoms with Gasteiger partial charge in [-0.3, -0.25) is 0 Å². The molecule has 1 atom stereocenters. The number of carbonyl (C=O) groups is 1. The third-order valence-electron chi connectivity index (χ3n) is 3.73. The molecule has 3 rings (SSSR count). The van der Waals surface area contributed by atoms with Gasteiger partial charge in [0.25, 0.3) is 0 Å². The number of carbonyl (C=O) groups excluding carboxylic acids is 1. The SMILES string of the molecule is O=C(NCc1ccco1)N1CCO[C@H](Cc2ccccc2)C1. The fourth-order valence-electron chi connectivity index (χ4n) is 2.59. The van der Waals surface area contributed by atoms with E-state index in [-0.39, 0.29) is 12.1 Å². The maximum Gasteiger partial charge on any atom is 0.317 e. The molecule has 2 heterocycles. The quantitative estimate of drug-likeness (QED) is 0.943. The first kappa shape index (κ1) is 14.7. The van der Waals surface area contributed by atoms with E-state index in [1.807, 2.05) is 30.3 Å². The predicted octanol–water partition coefficient (Wildman–Crippen LogP) is 2.43. The van der Waals surface area contributed by atoms with Crippen LogP contribution in [0.3, 0.4) is 0 Å². The number of ether oxygens (including phenoxy) is 1. The van der Waals surface area contributed by atoms with E-state index >= 15 is 0 Å². The van der Waals surface area contributed by atoms with Crippen molar-refractivity contribution in [3.63, 3.8) is 0 Å². The van der Waals surface area contributed by atoms with Gasteiger partial charge in [0.2, 0.25) is 0 Å². The number of nitrogens with one attached hydrogen (secondary N) is 1. The lowest BCUT2D eigenvalue weighted by atomic mass is 10.1. The van der Waals surface area contributed by atoms with Crippen molar-refractivity contribution in [2.75, 3.05) is 19.7 Å². The standard InChI is InChI=1S/C17H20N2O3/c20-17(18-12-15-7-4-9-21-15)19-8-10-22-16(13-19)11-14-5-2-1-3-6-14/h1-7,9,16H,8,10-13H2,(H,18,20)/t16-/m1/s1. The molecule has 1 saturated heterocycles. The zero-order chi connectivity index (χ0) is 15.2. The summed E-state index contributed by atoms with van der Waals surface area (Å²) in [6, 6.07) is 13.8. The van der Waals surface area contributed by atoms with Gasteiger partial charge in [-0.05, 0) is 17.7 Å². The average molecular weight is 300 g/mol. The number of hydrogen-bond donors (Lipinski definition) is 1. The highest BCUT2D eigenvalue weighted by atomic mass is 16.5. The summed E-state index contributed by atoms with van der Waals surface area (Å²) in [6.07, 6.45) is 2.47. The molecule has 0 bridgehead atoms. The monoisotopic (exact) mass is 300 g/mol. The lowest BCUT2D eigenvalue weighted by Gasteiger charge is -2.33. The van der Waals surface area contributed by atoms with Gasteiger partial charge >= 0.3 is 6.03 Å². The van der Waals surface area contributed by atoms with Crippen LogP contribution in [0.5, 0.6) is 0 Å². The van der Waals surface area contributed by atoms with Crippen molar-refractivity contribution in [2.45, 2.75) is 19.1 Å². The van der Waals surface area contributed by atoms with Gasteiger partial charge in [-0.25, -0.2) is 4.79 Å². The molecule has 22 heavy (non-hydrogen) atoms. The minimum absolute atomic E-state index is 0.0468. The minimum atomic E-state index is -0.0715. The molecule has 1 aliphatic rings. The molecule has 5 heteroatoms. The summed E-state index contributed by atoms with van der Waals surface area (Å²) in [5, 5.41) is 2.88. The highest BCUT2D eigenvalue weighted by Gasteiger charge is 2.24. The molecular formula is C17H20N2O3. The molecule has 1 fully saturated rings. The van der Waals surface area contributed by atoms with Gasteiger partial charge in [0.1, 0.15) is 5.76 Å². The Labute approximate surface area is 129 Å². The fraction of sp³-hybridized carbons (Fsp3) is 0.353. The second-order valence-electron chi connectivity index (χ2n) is 5.37. The number of amides is 2. The van der Waals surface area contributed by atoms with E-state index in [1.165, 1.54) is 5.56 Å². The van der Waals surface area contributed by atoms with Crippen LogP contribution in [0.2, 0.25) is 0 Å². The molecule has 2 amide bonds. The molecule has 0 saturated carbocycles. The van der Waals surface area contributed by atoms with E-state index in [0.29, 0.717) is 26.2 Å². The van der Waals surface area contributed by atoms with Crippen LogP contribution >= 0.6 is 0 Å². The van der Waals surface area contributed by atoms with Crippen LogP contribution in [0.1, 0.15) is 11.3 Å². The first-order chi connectivity index (χ1) is 10.8. The number of nitrogens with zero attached hydrogens (tertiary/aromatic N) is 1. The van der Waals surface area contributed by atoms with Gasteiger partial charge in [0.05, 0.1) is 25.5 Å². The normalized spacial score (nSPS) is 18.2. The molecule has 1 aromatic carbocycles. The van der Waals surface area contributed by atoms with E-state index in [4.69, 9.17) is 9.15 Å². The van der Waals surface area contributed by atoms with Crippen molar-refractivity contribution in [2.24, 2.45) is 0 Å². The summed E-state index contributed by atoms with van der Waals surface area (Å²) in [5.74, 6) is 0.752. The number of morpholine rings is 1. The van der Waals surface area contributed by atoms with Crippen molar-refractivity contribution >= 4 is 6.03 Å². The Morgan fingerprint density at radius 2 is 2.09 bits per heavy atom. The van der Waals surface area contributed by atoms with Crippen LogP contribution in [-0.4, -0.2) is 36.7 Å². The van der Waals surface area contributed by atoms with Crippen molar-refractivity contribution in [1.82, 2.24) is 10.2 Å². The third-order valence-corrected chi connectivity index (χ3v) is 3.73. The molecular weight excluding hydrogens is 280 g/mol. The topological polar surface area (TPSA) is 54.7 Å². The Kier molecular flexibility index (Phi) is 4.75. The lowest BCUT2D eigenvalue weighted by molar-refractivity contribution is -0.0133. The second kappa shape index (κ2) is 7.13. The number of furan rings is 1. The van der Waals surface area contributed by atoms with E-state index < -0.39 is 0 Å². The van der Waals surface area contributed by atoms with Gasteiger partial charge in [-0.15, -0.1) is 0 Å². The number of hydrogen-bond acceptors (Lipinski definition) is 3. The largest absolute Gasteiger partial charge is 0.467 e. The summed E-state index contributed by atoms with van der Waals surface area (Å²) in [6.45, 7) is 2.21. The van der Waals surface area contributed by atoms with Crippen molar-refractivity contribution in [3.8, 4) is 0 Å². The van der Waals surface area contributed by atoms with Crippen LogP contribution in [0.4, 0.5) is 4.79 Å². The predicted molar refractivity (Wildman–Crippen MR) is 82.4 cm³/mol. The van der Waals surface area contributed by atoms with Crippen LogP contribution in [0, 0.1) is 0 Å². The molecule has 0 unspecified atom stereocenters. The summed E-state index contributed by atoms with van der Waals surface area (Å²) in [4.78, 5) is 14.0. The summed E-state index contributed by atoms with van der Waals surface area (Å²) in [7, 11) is 0. The van der Waals surface area contributed by atoms with Gasteiger partial charge in [0.15, 0.2) is 0 Å². The van der Waals surface area contributed by atoms with E-state index in [1.54, 1.807) is 11.2 Å². The highest BCUT2D eigenvalue weighted by Crippen LogP contribution is 2.12. The zero-order valence-electron chi connectivity index (χ0n) is 12.4. The van der Waals surface area contributed by atoms with Crippen molar-refractivity contribution < 1.29 is 13.9 Å². The summed E-state index contributed by atoms with van der Waals surface area (Å²) >= 11 is 0. The Balaban J connectivity index is 1.50. The molecule has 0 aliphatic carbocycles. The maximum absolute atomic E-state index is 12.2. The zero-order valence-corrected chi connectivity index (χ0v) is 12.4. The van der Waals surface area contributed by atoms with Gasteiger partial charge in [-0.1, -0.05) is 30.3 Å².